The Morgan fingerprint density at radius 3 is 2.56 bits per heavy atom. The van der Waals surface area contributed by atoms with Crippen LogP contribution in [0.5, 0.6) is 5.75 Å². The van der Waals surface area contributed by atoms with E-state index < -0.39 is 5.97 Å². The van der Waals surface area contributed by atoms with Crippen LogP contribution in [0.4, 0.5) is 0 Å². The van der Waals surface area contributed by atoms with E-state index in [0.29, 0.717) is 6.40 Å². The molecule has 0 amide bonds. The molecule has 7 nitrogen and oxygen atoms in total. The minimum atomic E-state index is -0.764. The van der Waals surface area contributed by atoms with Crippen molar-refractivity contribution in [3.8, 4) is 5.75 Å². The number of rotatable bonds is 4. The van der Waals surface area contributed by atoms with Crippen molar-refractivity contribution >= 4 is 18.8 Å². The Morgan fingerprint density at radius 2 is 1.88 bits per heavy atom. The van der Waals surface area contributed by atoms with Gasteiger partial charge >= 0.3 is 18.8 Å². The van der Waals surface area contributed by atoms with E-state index in [-0.39, 0.29) is 11.3 Å². The quantitative estimate of drug-likeness (QED) is 0.244. The van der Waals surface area contributed by atoms with E-state index in [1.165, 1.54) is 12.1 Å². The molecule has 0 aliphatic carbocycles. The Kier molecular flexibility index (Phi) is 4.16. The number of nitrogens with zero attached hydrogens (tertiary/aromatic N) is 4. The third-order valence-electron chi connectivity index (χ3n) is 1.54. The van der Waals surface area contributed by atoms with E-state index in [1.807, 2.05) is 0 Å². The van der Waals surface area contributed by atoms with Gasteiger partial charge in [0.25, 0.3) is 0 Å². The molecule has 0 radical (unpaired) electrons. The molecule has 0 N–H and O–H groups in total. The third-order valence-corrected chi connectivity index (χ3v) is 1.54. The largest absolute Gasteiger partial charge is 0.446 e. The van der Waals surface area contributed by atoms with Crippen molar-refractivity contribution in [2.75, 3.05) is 0 Å². The first-order valence-electron chi connectivity index (χ1n) is 4.08. The van der Waals surface area contributed by atoms with Gasteiger partial charge in [-0.25, -0.2) is 4.79 Å². The Balaban J connectivity index is 2.97. The lowest BCUT2D eigenvalue weighted by molar-refractivity contribution is -0.0230. The fourth-order valence-corrected chi connectivity index (χ4v) is 0.953. The van der Waals surface area contributed by atoms with Gasteiger partial charge in [-0.1, -0.05) is 12.1 Å². The van der Waals surface area contributed by atoms with Crippen molar-refractivity contribution in [3.05, 3.63) is 40.9 Å². The molecule has 16 heavy (non-hydrogen) atoms. The molecular weight excluding hydrogens is 212 g/mol. The summed E-state index contributed by atoms with van der Waals surface area (Å²) in [5.74, 6) is -0.614. The fourth-order valence-electron chi connectivity index (χ4n) is 0.953. The van der Waals surface area contributed by atoms with Crippen molar-refractivity contribution in [1.82, 2.24) is 0 Å². The van der Waals surface area contributed by atoms with E-state index in [1.54, 1.807) is 12.1 Å². The maximum absolute atomic E-state index is 11.4. The molecule has 0 saturated heterocycles. The molecule has 0 unspecified atom stereocenters. The second-order valence-corrected chi connectivity index (χ2v) is 2.46. The van der Waals surface area contributed by atoms with Gasteiger partial charge < -0.3 is 20.5 Å². The molecule has 0 fully saturated rings. The van der Waals surface area contributed by atoms with Gasteiger partial charge in [0.15, 0.2) is 0 Å². The summed E-state index contributed by atoms with van der Waals surface area (Å²) in [7, 11) is 0. The average Bonchev–Trinajstić information content (AvgIpc) is 2.33. The Labute approximate surface area is 90.1 Å². The lowest BCUT2D eigenvalue weighted by Gasteiger charge is -2.01. The number of benzene rings is 1. The molecule has 0 aromatic heterocycles. The van der Waals surface area contributed by atoms with E-state index in [2.05, 4.69) is 14.3 Å². The summed E-state index contributed by atoms with van der Waals surface area (Å²) < 4.78 is 9.27. The molecule has 0 atom stereocenters. The maximum Gasteiger partial charge on any atom is 0.446 e. The highest BCUT2D eigenvalue weighted by atomic mass is 16.5. The molecule has 80 valence electrons. The molecule has 0 spiro atoms. The SMILES string of the molecule is [N-]=[N+]=COC(=O)c1ccccc1OC=[N+]=[N-]. The number of carbonyl (C=O) groups excluding carboxylic acids is 1. The number of hydrogen-bond donors (Lipinski definition) is 0. The summed E-state index contributed by atoms with van der Waals surface area (Å²) in [4.78, 5) is 16.5. The van der Waals surface area contributed by atoms with Gasteiger partial charge in [0.05, 0.1) is 0 Å². The van der Waals surface area contributed by atoms with E-state index in [9.17, 15) is 4.79 Å². The minimum Gasteiger partial charge on any atom is -0.398 e. The van der Waals surface area contributed by atoms with Crippen LogP contribution in [0.25, 0.3) is 11.1 Å². The lowest BCUT2D eigenvalue weighted by Crippen LogP contribution is -2.06. The summed E-state index contributed by atoms with van der Waals surface area (Å²) in [6.45, 7) is 0. The number of ether oxygens (including phenoxy) is 2. The maximum atomic E-state index is 11.4. The van der Waals surface area contributed by atoms with Gasteiger partial charge in [-0.2, -0.15) is 0 Å². The van der Waals surface area contributed by atoms with Crippen LogP contribution in [0, 0.1) is 0 Å². The first-order chi connectivity index (χ1) is 7.79. The zero-order valence-corrected chi connectivity index (χ0v) is 7.98. The van der Waals surface area contributed by atoms with Crippen LogP contribution >= 0.6 is 0 Å². The molecule has 0 saturated carbocycles. The predicted molar refractivity (Wildman–Crippen MR) is 51.9 cm³/mol. The molecular formula is C9H6N4O3. The van der Waals surface area contributed by atoms with Crippen molar-refractivity contribution < 1.29 is 23.8 Å². The van der Waals surface area contributed by atoms with Crippen LogP contribution in [0.2, 0.25) is 0 Å². The van der Waals surface area contributed by atoms with Gasteiger partial charge in [0.2, 0.25) is 0 Å². The van der Waals surface area contributed by atoms with Crippen molar-refractivity contribution in [2.24, 2.45) is 0 Å². The summed E-state index contributed by atoms with van der Waals surface area (Å²) in [6.07, 6.45) is 1.34. The molecule has 0 bridgehead atoms. The first-order valence-corrected chi connectivity index (χ1v) is 4.08. The topological polar surface area (TPSA) is 108 Å². The molecule has 1 rings (SSSR count). The second kappa shape index (κ2) is 5.87. The van der Waals surface area contributed by atoms with Crippen LogP contribution in [0.15, 0.2) is 24.3 Å². The van der Waals surface area contributed by atoms with Crippen LogP contribution in [0.1, 0.15) is 10.4 Å². The zero-order valence-electron chi connectivity index (χ0n) is 7.98. The summed E-state index contributed by atoms with van der Waals surface area (Å²) in [6, 6.07) is 6.13. The number of esters is 1. The summed E-state index contributed by atoms with van der Waals surface area (Å²) >= 11 is 0. The Hall–Kier alpha value is -2.75. The molecule has 1 aromatic rings. The van der Waals surface area contributed by atoms with E-state index in [4.69, 9.17) is 15.8 Å². The lowest BCUT2D eigenvalue weighted by atomic mass is 10.2. The van der Waals surface area contributed by atoms with Gasteiger partial charge in [0.1, 0.15) is 11.3 Å². The van der Waals surface area contributed by atoms with Crippen molar-refractivity contribution in [3.63, 3.8) is 0 Å². The average molecular weight is 218 g/mol. The first kappa shape index (κ1) is 11.3. The van der Waals surface area contributed by atoms with E-state index in [0.717, 1.165) is 6.40 Å². The van der Waals surface area contributed by atoms with Gasteiger partial charge in [-0.05, 0) is 12.1 Å². The van der Waals surface area contributed by atoms with Crippen LogP contribution in [-0.4, -0.2) is 28.4 Å². The number of hydrogen-bond acceptors (Lipinski definition) is 3. The van der Waals surface area contributed by atoms with Crippen LogP contribution in [-0.2, 0) is 4.74 Å². The van der Waals surface area contributed by atoms with Crippen LogP contribution in [0.3, 0.4) is 0 Å². The smallest absolute Gasteiger partial charge is 0.398 e. The number of para-hydroxylation sites is 1. The normalized spacial score (nSPS) is 8.25. The fraction of sp³-hybridized carbons (Fsp3) is 0. The second-order valence-electron chi connectivity index (χ2n) is 2.46. The Bertz CT molecular complexity index is 487. The molecule has 0 aliphatic heterocycles. The molecule has 0 heterocycles. The Morgan fingerprint density at radius 1 is 1.19 bits per heavy atom. The van der Waals surface area contributed by atoms with Gasteiger partial charge in [-0.3, -0.25) is 0 Å². The molecule has 1 aromatic carbocycles. The third kappa shape index (κ3) is 2.88. The highest BCUT2D eigenvalue weighted by molar-refractivity contribution is 5.95. The molecule has 0 aliphatic rings. The van der Waals surface area contributed by atoms with Gasteiger partial charge in [0, 0.05) is 0 Å². The monoisotopic (exact) mass is 218 g/mol. The minimum absolute atomic E-state index is 0.0994. The highest BCUT2D eigenvalue weighted by Gasteiger charge is 2.14. The molecule has 7 heteroatoms. The van der Waals surface area contributed by atoms with Crippen molar-refractivity contribution in [1.29, 1.82) is 0 Å². The van der Waals surface area contributed by atoms with E-state index >= 15 is 0 Å². The highest BCUT2D eigenvalue weighted by Crippen LogP contribution is 2.17. The van der Waals surface area contributed by atoms with Crippen molar-refractivity contribution in [2.45, 2.75) is 0 Å². The summed E-state index contributed by atoms with van der Waals surface area (Å²) in [5.41, 5.74) is 16.4. The number of carbonyl (C=O) groups is 1. The zero-order chi connectivity index (χ0) is 11.8. The summed E-state index contributed by atoms with van der Waals surface area (Å²) in [5, 5.41) is 0. The van der Waals surface area contributed by atoms with Crippen LogP contribution < -0.4 is 4.74 Å². The standard InChI is InChI=1S/C9H6N4O3/c10-12-5-15-8-4-2-1-3-7(8)9(14)16-6-13-11/h1-6H. The predicted octanol–water partition coefficient (Wildman–Crippen LogP) is 0.738. The van der Waals surface area contributed by atoms with Gasteiger partial charge in [-0.15, -0.1) is 9.58 Å².